The summed E-state index contributed by atoms with van der Waals surface area (Å²) >= 11 is 5.59. The fourth-order valence-corrected chi connectivity index (χ4v) is 1.32. The lowest BCUT2D eigenvalue weighted by Crippen LogP contribution is -2.51. The van der Waals surface area contributed by atoms with Crippen LogP contribution in [0.1, 0.15) is 13.8 Å². The van der Waals surface area contributed by atoms with Gasteiger partial charge in [-0.15, -0.1) is 11.6 Å². The highest BCUT2D eigenvalue weighted by molar-refractivity contribution is 6.30. The summed E-state index contributed by atoms with van der Waals surface area (Å²) in [5.41, 5.74) is -1.33. The molecule has 4 nitrogen and oxygen atoms in total. The second-order valence-electron chi connectivity index (χ2n) is 4.41. The molecule has 0 saturated carbocycles. The Morgan fingerprint density at radius 1 is 1.55 bits per heavy atom. The van der Waals surface area contributed by atoms with Crippen LogP contribution in [0.4, 0.5) is 8.78 Å². The number of ether oxygens (including phenoxy) is 1. The molecule has 7 heteroatoms. The molecule has 0 bridgehead atoms. The van der Waals surface area contributed by atoms with Gasteiger partial charge in [-0.25, -0.2) is 8.78 Å². The Kier molecular flexibility index (Phi) is 5.28. The summed E-state index contributed by atoms with van der Waals surface area (Å²) in [5, 5.41) is 10.7. The molecule has 0 fully saturated rings. The Labute approximate surface area is 120 Å². The van der Waals surface area contributed by atoms with Crippen LogP contribution < -0.4 is 10.1 Å². The van der Waals surface area contributed by atoms with E-state index in [0.29, 0.717) is 0 Å². The van der Waals surface area contributed by atoms with Crippen molar-refractivity contribution in [1.29, 1.82) is 5.26 Å². The summed E-state index contributed by atoms with van der Waals surface area (Å²) in [7, 11) is 0. The Bertz CT molecular complexity index is 546. The number of hydrogen-bond donors (Lipinski definition) is 1. The summed E-state index contributed by atoms with van der Waals surface area (Å²) in [5.74, 6) is -2.52. The van der Waals surface area contributed by atoms with Gasteiger partial charge < -0.3 is 10.1 Å². The van der Waals surface area contributed by atoms with Gasteiger partial charge in [-0.1, -0.05) is 0 Å². The van der Waals surface area contributed by atoms with Crippen LogP contribution in [0.15, 0.2) is 18.2 Å². The molecule has 20 heavy (non-hydrogen) atoms. The lowest BCUT2D eigenvalue weighted by Gasteiger charge is -2.24. The van der Waals surface area contributed by atoms with Crippen molar-refractivity contribution in [3.05, 3.63) is 29.8 Å². The van der Waals surface area contributed by atoms with Crippen molar-refractivity contribution in [2.24, 2.45) is 0 Å². The first-order valence-electron chi connectivity index (χ1n) is 5.72. The molecule has 1 aromatic rings. The molecule has 108 valence electrons. The smallest absolute Gasteiger partial charge is 0.239 e. The zero-order valence-corrected chi connectivity index (χ0v) is 11.7. The largest absolute Gasteiger partial charge is 0.490 e. The van der Waals surface area contributed by atoms with E-state index in [9.17, 15) is 13.6 Å². The minimum Gasteiger partial charge on any atom is -0.490 e. The lowest BCUT2D eigenvalue weighted by molar-refractivity contribution is -0.121. The Morgan fingerprint density at radius 2 is 2.20 bits per heavy atom. The van der Waals surface area contributed by atoms with E-state index in [1.165, 1.54) is 19.9 Å². The average Bonchev–Trinajstić information content (AvgIpc) is 2.40. The Morgan fingerprint density at radius 3 is 2.70 bits per heavy atom. The van der Waals surface area contributed by atoms with Gasteiger partial charge in [-0.2, -0.15) is 5.26 Å². The number of alkyl halides is 1. The van der Waals surface area contributed by atoms with Gasteiger partial charge in [-0.05, 0) is 26.0 Å². The van der Waals surface area contributed by atoms with Gasteiger partial charge in [0.25, 0.3) is 0 Å². The first-order valence-corrected chi connectivity index (χ1v) is 6.16. The van der Waals surface area contributed by atoms with Crippen molar-refractivity contribution in [1.82, 2.24) is 5.32 Å². The van der Waals surface area contributed by atoms with Crippen LogP contribution in [-0.2, 0) is 4.79 Å². The molecule has 0 aromatic heterocycles. The predicted octanol–water partition coefficient (Wildman–Crippen LogP) is 2.37. The zero-order valence-electron chi connectivity index (χ0n) is 10.9. The number of carbonyl (C=O) groups is 1. The fraction of sp³-hybridized carbons (Fsp3) is 0.385. The van der Waals surface area contributed by atoms with Crippen LogP contribution >= 0.6 is 11.6 Å². The standard InChI is InChI=1S/C13H13ClF2N2O2/c1-8(14)12(19)18-13(2,6-17)7-20-9-3-4-10(15)11(16)5-9/h3-5,8H,7H2,1-2H3,(H,18,19). The van der Waals surface area contributed by atoms with E-state index in [2.05, 4.69) is 5.32 Å². The number of benzene rings is 1. The zero-order chi connectivity index (χ0) is 15.3. The van der Waals surface area contributed by atoms with Gasteiger partial charge >= 0.3 is 0 Å². The second-order valence-corrected chi connectivity index (χ2v) is 5.07. The van der Waals surface area contributed by atoms with Gasteiger partial charge in [0, 0.05) is 6.07 Å². The predicted molar refractivity (Wildman–Crippen MR) is 69.3 cm³/mol. The third-order valence-corrected chi connectivity index (χ3v) is 2.62. The van der Waals surface area contributed by atoms with Gasteiger partial charge in [0.2, 0.25) is 5.91 Å². The number of rotatable bonds is 5. The third kappa shape index (κ3) is 4.35. The van der Waals surface area contributed by atoms with Crippen molar-refractivity contribution in [3.8, 4) is 11.8 Å². The van der Waals surface area contributed by atoms with Gasteiger partial charge in [0.05, 0.1) is 6.07 Å². The number of halogens is 3. The van der Waals surface area contributed by atoms with Gasteiger partial charge in [0.1, 0.15) is 17.7 Å². The molecule has 0 saturated heterocycles. The van der Waals surface area contributed by atoms with Crippen LogP contribution in [0, 0.1) is 23.0 Å². The molecule has 1 amide bonds. The number of nitrogens with zero attached hydrogens (tertiary/aromatic N) is 1. The number of carbonyl (C=O) groups excluding carboxylic acids is 1. The summed E-state index contributed by atoms with van der Waals surface area (Å²) < 4.78 is 30.9. The molecule has 1 N–H and O–H groups in total. The minimum atomic E-state index is -1.33. The summed E-state index contributed by atoms with van der Waals surface area (Å²) in [6.07, 6.45) is 0. The van der Waals surface area contributed by atoms with Crippen molar-refractivity contribution >= 4 is 17.5 Å². The molecule has 0 radical (unpaired) electrons. The molecular formula is C13H13ClF2N2O2. The lowest BCUT2D eigenvalue weighted by atomic mass is 10.1. The quantitative estimate of drug-likeness (QED) is 0.849. The van der Waals surface area contributed by atoms with E-state index in [-0.39, 0.29) is 12.4 Å². The molecule has 2 atom stereocenters. The van der Waals surface area contributed by atoms with E-state index in [4.69, 9.17) is 21.6 Å². The van der Waals surface area contributed by atoms with E-state index in [0.717, 1.165) is 12.1 Å². The van der Waals surface area contributed by atoms with Crippen LogP contribution in [0.25, 0.3) is 0 Å². The Balaban J connectivity index is 2.71. The molecule has 1 aromatic carbocycles. The highest BCUT2D eigenvalue weighted by Gasteiger charge is 2.28. The van der Waals surface area contributed by atoms with Crippen molar-refractivity contribution < 1.29 is 18.3 Å². The maximum absolute atomic E-state index is 13.0. The van der Waals surface area contributed by atoms with E-state index in [1.807, 2.05) is 6.07 Å². The Hall–Kier alpha value is -1.87. The molecule has 0 aliphatic carbocycles. The maximum atomic E-state index is 13.0. The molecular weight excluding hydrogens is 290 g/mol. The first kappa shape index (κ1) is 16.2. The number of nitrogens with one attached hydrogen (secondary N) is 1. The van der Waals surface area contributed by atoms with Gasteiger partial charge in [-0.3, -0.25) is 4.79 Å². The number of amides is 1. The summed E-state index contributed by atoms with van der Waals surface area (Å²) in [6, 6.07) is 4.87. The van der Waals surface area contributed by atoms with Crippen LogP contribution in [-0.4, -0.2) is 23.4 Å². The SMILES string of the molecule is CC(Cl)C(=O)NC(C)(C#N)COc1ccc(F)c(F)c1. The normalized spacial score (nSPS) is 14.8. The fourth-order valence-electron chi connectivity index (χ4n) is 1.26. The van der Waals surface area contributed by atoms with Crippen molar-refractivity contribution in [2.75, 3.05) is 6.61 Å². The number of hydrogen-bond acceptors (Lipinski definition) is 3. The summed E-state index contributed by atoms with van der Waals surface area (Å²) in [6.45, 7) is 2.67. The molecule has 1 rings (SSSR count). The molecule has 0 heterocycles. The van der Waals surface area contributed by atoms with Crippen LogP contribution in [0.3, 0.4) is 0 Å². The molecule has 0 spiro atoms. The van der Waals surface area contributed by atoms with Crippen molar-refractivity contribution in [2.45, 2.75) is 24.8 Å². The third-order valence-electron chi connectivity index (χ3n) is 2.43. The monoisotopic (exact) mass is 302 g/mol. The summed E-state index contributed by atoms with van der Waals surface area (Å²) in [4.78, 5) is 11.5. The molecule has 0 aliphatic rings. The van der Waals surface area contributed by atoms with Crippen LogP contribution in [0.5, 0.6) is 5.75 Å². The number of nitriles is 1. The highest BCUT2D eigenvalue weighted by atomic mass is 35.5. The minimum absolute atomic E-state index is 0.0542. The maximum Gasteiger partial charge on any atom is 0.239 e. The topological polar surface area (TPSA) is 62.1 Å². The molecule has 0 aliphatic heterocycles. The average molecular weight is 303 g/mol. The van der Waals surface area contributed by atoms with Crippen molar-refractivity contribution in [3.63, 3.8) is 0 Å². The molecule has 2 unspecified atom stereocenters. The first-order chi connectivity index (χ1) is 9.27. The second kappa shape index (κ2) is 6.53. The highest BCUT2D eigenvalue weighted by Crippen LogP contribution is 2.17. The van der Waals surface area contributed by atoms with E-state index in [1.54, 1.807) is 0 Å². The van der Waals surface area contributed by atoms with E-state index < -0.39 is 28.5 Å². The van der Waals surface area contributed by atoms with Crippen LogP contribution in [0.2, 0.25) is 0 Å². The van der Waals surface area contributed by atoms with Gasteiger partial charge in [0.15, 0.2) is 17.2 Å². The van der Waals surface area contributed by atoms with E-state index >= 15 is 0 Å².